The number of aromatic nitrogens is 2. The first-order valence-electron chi connectivity index (χ1n) is 12.4. The Kier molecular flexibility index (Phi) is 8.44. The summed E-state index contributed by atoms with van der Waals surface area (Å²) in [5.74, 6) is 1.16. The van der Waals surface area contributed by atoms with E-state index in [0.717, 1.165) is 11.1 Å². The molecule has 2 heterocycles. The van der Waals surface area contributed by atoms with Crippen LogP contribution in [-0.4, -0.2) is 59.4 Å². The van der Waals surface area contributed by atoms with E-state index >= 15 is 0 Å². The van der Waals surface area contributed by atoms with E-state index in [-0.39, 0.29) is 18.4 Å². The van der Waals surface area contributed by atoms with E-state index < -0.39 is 5.41 Å². The summed E-state index contributed by atoms with van der Waals surface area (Å²) >= 11 is 0. The van der Waals surface area contributed by atoms with Crippen LogP contribution in [0.15, 0.2) is 66.7 Å². The standard InChI is InChI=1S/C28H31N7O2/c1-21(36)30-14-15-31-24-18-25(34-27(33-24)22-8-4-2-5-9-22)32-26(37)19-35-16-12-28(20-29,13-17-35)23-10-6-3-7-11-23/h2-11,18H,12-17,19H2,1H3,(H,30,36)(H2,31,32,33,34,37). The lowest BCUT2D eigenvalue weighted by molar-refractivity contribution is -0.119. The SMILES string of the molecule is CC(=O)NCCNc1cc(NC(=O)CN2CCC(C#N)(c3ccccc3)CC2)nc(-c2ccccc2)n1. The third kappa shape index (κ3) is 6.90. The fourth-order valence-corrected chi connectivity index (χ4v) is 4.45. The van der Waals surface area contributed by atoms with Crippen molar-refractivity contribution in [3.05, 3.63) is 72.3 Å². The summed E-state index contributed by atoms with van der Waals surface area (Å²) in [5.41, 5.74) is 1.35. The summed E-state index contributed by atoms with van der Waals surface area (Å²) in [5, 5.41) is 18.7. The second-order valence-corrected chi connectivity index (χ2v) is 9.12. The lowest BCUT2D eigenvalue weighted by Gasteiger charge is -2.37. The highest BCUT2D eigenvalue weighted by atomic mass is 16.2. The van der Waals surface area contributed by atoms with Gasteiger partial charge in [-0.15, -0.1) is 0 Å². The Morgan fingerprint density at radius 1 is 0.973 bits per heavy atom. The van der Waals surface area contributed by atoms with E-state index in [0.29, 0.717) is 56.5 Å². The van der Waals surface area contributed by atoms with E-state index in [1.807, 2.05) is 60.7 Å². The first kappa shape index (κ1) is 25.8. The monoisotopic (exact) mass is 497 g/mol. The van der Waals surface area contributed by atoms with Crippen LogP contribution >= 0.6 is 0 Å². The van der Waals surface area contributed by atoms with Gasteiger partial charge in [0.25, 0.3) is 0 Å². The number of rotatable bonds is 9. The quantitative estimate of drug-likeness (QED) is 0.388. The highest BCUT2D eigenvalue weighted by Gasteiger charge is 2.36. The first-order valence-corrected chi connectivity index (χ1v) is 12.4. The molecule has 0 unspecified atom stereocenters. The van der Waals surface area contributed by atoms with Gasteiger partial charge in [-0.05, 0) is 18.4 Å². The summed E-state index contributed by atoms with van der Waals surface area (Å²) in [4.78, 5) is 35.3. The molecule has 0 saturated carbocycles. The fourth-order valence-electron chi connectivity index (χ4n) is 4.45. The maximum Gasteiger partial charge on any atom is 0.239 e. The second-order valence-electron chi connectivity index (χ2n) is 9.12. The van der Waals surface area contributed by atoms with Crippen LogP contribution in [0.2, 0.25) is 0 Å². The largest absolute Gasteiger partial charge is 0.368 e. The highest BCUT2D eigenvalue weighted by molar-refractivity contribution is 5.92. The zero-order valence-electron chi connectivity index (χ0n) is 20.9. The van der Waals surface area contributed by atoms with E-state index in [2.05, 4.69) is 36.9 Å². The molecule has 1 fully saturated rings. The Morgan fingerprint density at radius 2 is 1.62 bits per heavy atom. The molecule has 0 spiro atoms. The topological polar surface area (TPSA) is 123 Å². The summed E-state index contributed by atoms with van der Waals surface area (Å²) in [6.07, 6.45) is 1.35. The maximum absolute atomic E-state index is 12.9. The highest BCUT2D eigenvalue weighted by Crippen LogP contribution is 2.34. The van der Waals surface area contributed by atoms with Crippen LogP contribution in [0.5, 0.6) is 0 Å². The normalized spacial score (nSPS) is 14.8. The molecule has 2 amide bonds. The number of piperidine rings is 1. The van der Waals surface area contributed by atoms with Gasteiger partial charge in [-0.1, -0.05) is 60.7 Å². The third-order valence-corrected chi connectivity index (χ3v) is 6.45. The Bertz CT molecular complexity index is 1250. The summed E-state index contributed by atoms with van der Waals surface area (Å²) < 4.78 is 0. The minimum absolute atomic E-state index is 0.101. The minimum Gasteiger partial charge on any atom is -0.368 e. The number of carbonyl (C=O) groups is 2. The zero-order valence-corrected chi connectivity index (χ0v) is 20.9. The molecule has 1 saturated heterocycles. The Hall–Kier alpha value is -4.29. The number of anilines is 2. The lowest BCUT2D eigenvalue weighted by Crippen LogP contribution is -2.44. The molecule has 1 aliphatic heterocycles. The number of nitriles is 1. The number of hydrogen-bond acceptors (Lipinski definition) is 7. The molecule has 37 heavy (non-hydrogen) atoms. The average Bonchev–Trinajstić information content (AvgIpc) is 2.92. The van der Waals surface area contributed by atoms with E-state index in [9.17, 15) is 14.9 Å². The molecule has 0 aliphatic carbocycles. The minimum atomic E-state index is -0.511. The van der Waals surface area contributed by atoms with Gasteiger partial charge in [0.2, 0.25) is 11.8 Å². The van der Waals surface area contributed by atoms with Crippen LogP contribution in [-0.2, 0) is 15.0 Å². The summed E-state index contributed by atoms with van der Waals surface area (Å²) in [6.45, 7) is 3.93. The summed E-state index contributed by atoms with van der Waals surface area (Å²) in [6, 6.07) is 23.6. The molecule has 3 N–H and O–H groups in total. The van der Waals surface area contributed by atoms with Crippen molar-refractivity contribution in [2.75, 3.05) is 43.4 Å². The Labute approximate surface area is 216 Å². The van der Waals surface area contributed by atoms with Crippen LogP contribution < -0.4 is 16.0 Å². The van der Waals surface area contributed by atoms with Gasteiger partial charge in [0.05, 0.1) is 18.0 Å². The average molecular weight is 498 g/mol. The molecule has 0 radical (unpaired) electrons. The van der Waals surface area contributed by atoms with E-state index in [4.69, 9.17) is 0 Å². The van der Waals surface area contributed by atoms with Crippen LogP contribution in [0.4, 0.5) is 11.6 Å². The smallest absolute Gasteiger partial charge is 0.239 e. The number of nitrogens with one attached hydrogen (secondary N) is 3. The van der Waals surface area contributed by atoms with Crippen molar-refractivity contribution in [3.8, 4) is 17.5 Å². The number of benzene rings is 2. The predicted octanol–water partition coefficient (Wildman–Crippen LogP) is 3.19. The lowest BCUT2D eigenvalue weighted by atomic mass is 9.74. The number of hydrogen-bond donors (Lipinski definition) is 3. The molecule has 3 aromatic rings. The fraction of sp³-hybridized carbons (Fsp3) is 0.321. The number of carbonyl (C=O) groups excluding carboxylic acids is 2. The van der Waals surface area contributed by atoms with Crippen molar-refractivity contribution < 1.29 is 9.59 Å². The number of amides is 2. The van der Waals surface area contributed by atoms with Gasteiger partial charge < -0.3 is 16.0 Å². The molecule has 190 valence electrons. The van der Waals surface area contributed by atoms with Gasteiger partial charge in [0.1, 0.15) is 11.6 Å². The van der Waals surface area contributed by atoms with Crippen molar-refractivity contribution in [1.82, 2.24) is 20.2 Å². The molecule has 4 rings (SSSR count). The van der Waals surface area contributed by atoms with Gasteiger partial charge in [0, 0.05) is 44.7 Å². The second kappa shape index (κ2) is 12.1. The third-order valence-electron chi connectivity index (χ3n) is 6.45. The van der Waals surface area contributed by atoms with Gasteiger partial charge in [-0.2, -0.15) is 5.26 Å². The molecule has 0 atom stereocenters. The van der Waals surface area contributed by atoms with Crippen LogP contribution in [0.25, 0.3) is 11.4 Å². The van der Waals surface area contributed by atoms with Crippen molar-refractivity contribution >= 4 is 23.5 Å². The van der Waals surface area contributed by atoms with Crippen LogP contribution in [0, 0.1) is 11.3 Å². The van der Waals surface area contributed by atoms with Crippen LogP contribution in [0.3, 0.4) is 0 Å². The molecule has 0 bridgehead atoms. The molecule has 1 aliphatic rings. The van der Waals surface area contributed by atoms with E-state index in [1.54, 1.807) is 6.07 Å². The number of nitrogens with zero attached hydrogens (tertiary/aromatic N) is 4. The molecular formula is C28H31N7O2. The Balaban J connectivity index is 1.40. The van der Waals surface area contributed by atoms with Crippen molar-refractivity contribution in [2.45, 2.75) is 25.2 Å². The van der Waals surface area contributed by atoms with Crippen LogP contribution in [0.1, 0.15) is 25.3 Å². The predicted molar refractivity (Wildman–Crippen MR) is 143 cm³/mol. The van der Waals surface area contributed by atoms with E-state index in [1.165, 1.54) is 6.92 Å². The van der Waals surface area contributed by atoms with Gasteiger partial charge in [0.15, 0.2) is 5.82 Å². The molecular weight excluding hydrogens is 466 g/mol. The first-order chi connectivity index (χ1) is 18.0. The Morgan fingerprint density at radius 3 is 2.27 bits per heavy atom. The van der Waals surface area contributed by atoms with Gasteiger partial charge in [-0.25, -0.2) is 9.97 Å². The van der Waals surface area contributed by atoms with Crippen molar-refractivity contribution in [1.29, 1.82) is 5.26 Å². The summed E-state index contributed by atoms with van der Waals surface area (Å²) in [7, 11) is 0. The number of likely N-dealkylation sites (tertiary alicyclic amines) is 1. The van der Waals surface area contributed by atoms with Crippen molar-refractivity contribution in [2.24, 2.45) is 0 Å². The van der Waals surface area contributed by atoms with Gasteiger partial charge >= 0.3 is 0 Å². The zero-order chi connectivity index (χ0) is 26.1. The maximum atomic E-state index is 12.9. The molecule has 1 aromatic heterocycles. The van der Waals surface area contributed by atoms with Crippen molar-refractivity contribution in [3.63, 3.8) is 0 Å². The molecule has 9 nitrogen and oxygen atoms in total. The van der Waals surface area contributed by atoms with Gasteiger partial charge in [-0.3, -0.25) is 14.5 Å². The molecule has 9 heteroatoms. The molecule has 2 aromatic carbocycles.